The molecule has 2 aliphatic rings. The van der Waals surface area contributed by atoms with Crippen molar-refractivity contribution in [3.05, 3.63) is 15.8 Å². The number of amides is 1. The lowest BCUT2D eigenvalue weighted by atomic mass is 9.82. The number of carboxylic acids is 1. The smallest absolute Gasteiger partial charge is 0.348 e. The molecule has 3 rings (SSSR count). The third-order valence-corrected chi connectivity index (χ3v) is 7.08. The fraction of sp³-hybridized carbons (Fsp3) is 0.680. The van der Waals surface area contributed by atoms with Gasteiger partial charge in [-0.3, -0.25) is 4.79 Å². The number of anilines is 1. The number of carbonyl (C=O) groups excluding carboxylic acids is 1. The second-order valence-corrected chi connectivity index (χ2v) is 10.8. The lowest BCUT2D eigenvalue weighted by Crippen LogP contribution is -2.57. The zero-order valence-electron chi connectivity index (χ0n) is 19.2. The third-order valence-electron chi connectivity index (χ3n) is 6.05. The maximum Gasteiger partial charge on any atom is 0.348 e. The van der Waals surface area contributed by atoms with Crippen molar-refractivity contribution in [3.63, 3.8) is 0 Å². The first-order valence-corrected chi connectivity index (χ1v) is 12.4. The van der Waals surface area contributed by atoms with E-state index in [2.05, 4.69) is 18.8 Å². The summed E-state index contributed by atoms with van der Waals surface area (Å²) in [6.45, 7) is 8.64. The van der Waals surface area contributed by atoms with Gasteiger partial charge < -0.3 is 14.7 Å². The van der Waals surface area contributed by atoms with E-state index >= 15 is 0 Å². The maximum absolute atomic E-state index is 13.6. The van der Waals surface area contributed by atoms with Gasteiger partial charge in [-0.05, 0) is 52.0 Å². The number of morpholine rings is 1. The van der Waals surface area contributed by atoms with Gasteiger partial charge in [0, 0.05) is 5.41 Å². The summed E-state index contributed by atoms with van der Waals surface area (Å²) in [5.41, 5.74) is 0.319. The SMILES string of the molecule is CCCCC1OCC(C2CCCCC2)N(c2cc(C#CC(C)(C)C)sc2C(=O)O)C1=O. The van der Waals surface area contributed by atoms with Crippen molar-refractivity contribution in [2.75, 3.05) is 11.5 Å². The van der Waals surface area contributed by atoms with Crippen LogP contribution in [0.3, 0.4) is 0 Å². The molecule has 1 aliphatic carbocycles. The molecule has 1 amide bonds. The zero-order valence-corrected chi connectivity index (χ0v) is 20.0. The van der Waals surface area contributed by atoms with Gasteiger partial charge in [0.2, 0.25) is 0 Å². The average molecular weight is 446 g/mol. The lowest BCUT2D eigenvalue weighted by Gasteiger charge is -2.44. The van der Waals surface area contributed by atoms with Crippen molar-refractivity contribution in [1.29, 1.82) is 0 Å². The third kappa shape index (κ3) is 5.90. The molecule has 5 nitrogen and oxygen atoms in total. The topological polar surface area (TPSA) is 66.8 Å². The van der Waals surface area contributed by atoms with Crippen LogP contribution in [0, 0.1) is 23.2 Å². The van der Waals surface area contributed by atoms with Crippen molar-refractivity contribution in [3.8, 4) is 11.8 Å². The molecule has 1 N–H and O–H groups in total. The first-order valence-electron chi connectivity index (χ1n) is 11.6. The molecule has 1 aromatic rings. The second kappa shape index (κ2) is 10.2. The number of aromatic carboxylic acids is 1. The molecule has 0 aromatic carbocycles. The number of nitrogens with zero attached hydrogens (tertiary/aromatic N) is 1. The monoisotopic (exact) mass is 445 g/mol. The number of hydrogen-bond acceptors (Lipinski definition) is 4. The van der Waals surface area contributed by atoms with Crippen molar-refractivity contribution in [1.82, 2.24) is 0 Å². The minimum atomic E-state index is -1.00. The van der Waals surface area contributed by atoms with Gasteiger partial charge in [-0.2, -0.15) is 0 Å². The molecule has 0 radical (unpaired) electrons. The molecule has 0 spiro atoms. The molecule has 170 valence electrons. The first-order chi connectivity index (χ1) is 14.7. The van der Waals surface area contributed by atoms with Crippen molar-refractivity contribution in [2.45, 2.75) is 91.2 Å². The van der Waals surface area contributed by atoms with Crippen LogP contribution >= 0.6 is 11.3 Å². The van der Waals surface area contributed by atoms with E-state index in [1.54, 1.807) is 4.90 Å². The van der Waals surface area contributed by atoms with Crippen LogP contribution in [0.25, 0.3) is 0 Å². The Kier molecular flexibility index (Phi) is 7.82. The lowest BCUT2D eigenvalue weighted by molar-refractivity contribution is -0.138. The fourth-order valence-corrected chi connectivity index (χ4v) is 5.30. The van der Waals surface area contributed by atoms with Gasteiger partial charge in [-0.1, -0.05) is 50.9 Å². The largest absolute Gasteiger partial charge is 0.477 e. The van der Waals surface area contributed by atoms with E-state index in [0.717, 1.165) is 49.9 Å². The highest BCUT2D eigenvalue weighted by Crippen LogP contribution is 2.39. The Labute approximate surface area is 190 Å². The van der Waals surface area contributed by atoms with Crippen LogP contribution in [-0.2, 0) is 9.53 Å². The Hall–Kier alpha value is -1.84. The van der Waals surface area contributed by atoms with E-state index in [1.807, 2.05) is 26.8 Å². The summed E-state index contributed by atoms with van der Waals surface area (Å²) in [4.78, 5) is 28.3. The Morgan fingerprint density at radius 3 is 2.61 bits per heavy atom. The molecule has 31 heavy (non-hydrogen) atoms. The number of rotatable bonds is 6. The summed E-state index contributed by atoms with van der Waals surface area (Å²) in [5.74, 6) is 5.56. The molecular weight excluding hydrogens is 410 g/mol. The number of thiophene rings is 1. The van der Waals surface area contributed by atoms with Crippen LogP contribution < -0.4 is 4.90 Å². The van der Waals surface area contributed by atoms with Gasteiger partial charge in [0.25, 0.3) is 5.91 Å². The number of ether oxygens (including phenoxy) is 1. The molecule has 6 heteroatoms. The van der Waals surface area contributed by atoms with Gasteiger partial charge >= 0.3 is 5.97 Å². The Morgan fingerprint density at radius 1 is 1.29 bits per heavy atom. The number of hydrogen-bond donors (Lipinski definition) is 1. The molecule has 2 atom stereocenters. The highest BCUT2D eigenvalue weighted by atomic mass is 32.1. The van der Waals surface area contributed by atoms with E-state index in [0.29, 0.717) is 29.5 Å². The first kappa shape index (κ1) is 23.8. The quantitative estimate of drug-likeness (QED) is 0.569. The summed E-state index contributed by atoms with van der Waals surface area (Å²) >= 11 is 1.16. The summed E-state index contributed by atoms with van der Waals surface area (Å²) in [7, 11) is 0. The Balaban J connectivity index is 2.01. The molecule has 1 saturated carbocycles. The molecule has 2 heterocycles. The number of carboxylic acid groups (broad SMARTS) is 1. The number of unbranched alkanes of at least 4 members (excludes halogenated alkanes) is 1. The summed E-state index contributed by atoms with van der Waals surface area (Å²) in [5, 5.41) is 9.92. The molecule has 2 unspecified atom stereocenters. The zero-order chi connectivity index (χ0) is 22.6. The molecule has 0 bridgehead atoms. The second-order valence-electron chi connectivity index (χ2n) is 9.77. The average Bonchev–Trinajstić information content (AvgIpc) is 3.15. The van der Waals surface area contributed by atoms with Gasteiger partial charge in [-0.25, -0.2) is 4.79 Å². The highest BCUT2D eigenvalue weighted by Gasteiger charge is 2.42. The van der Waals surface area contributed by atoms with Crippen LogP contribution in [0.4, 0.5) is 5.69 Å². The van der Waals surface area contributed by atoms with Crippen LogP contribution in [0.2, 0.25) is 0 Å². The van der Waals surface area contributed by atoms with Gasteiger partial charge in [-0.15, -0.1) is 11.3 Å². The minimum absolute atomic E-state index is 0.0918. The normalized spacial score (nSPS) is 22.8. The van der Waals surface area contributed by atoms with Crippen molar-refractivity contribution >= 4 is 28.9 Å². The van der Waals surface area contributed by atoms with Crippen LogP contribution in [0.1, 0.15) is 93.6 Å². The van der Waals surface area contributed by atoms with Gasteiger partial charge in [0.15, 0.2) is 0 Å². The highest BCUT2D eigenvalue weighted by molar-refractivity contribution is 7.15. The Bertz CT molecular complexity index is 851. The molecule has 1 aliphatic heterocycles. The fourth-order valence-electron chi connectivity index (χ4n) is 4.46. The predicted molar refractivity (Wildman–Crippen MR) is 125 cm³/mol. The van der Waals surface area contributed by atoms with Crippen molar-refractivity contribution < 1.29 is 19.4 Å². The van der Waals surface area contributed by atoms with E-state index < -0.39 is 12.1 Å². The summed E-state index contributed by atoms with van der Waals surface area (Å²) in [6.07, 6.45) is 7.72. The van der Waals surface area contributed by atoms with E-state index in [9.17, 15) is 14.7 Å². The van der Waals surface area contributed by atoms with Gasteiger partial charge in [0.05, 0.1) is 23.2 Å². The molecular formula is C25H35NO4S. The summed E-state index contributed by atoms with van der Waals surface area (Å²) < 4.78 is 6.05. The predicted octanol–water partition coefficient (Wildman–Crippen LogP) is 5.71. The molecule has 2 fully saturated rings. The standard InChI is InChI=1S/C25H35NO4S/c1-5-6-12-21-23(27)26(20(16-30-21)17-10-8-7-9-11-17)19-15-18(13-14-25(2,3)4)31-22(19)24(28)29/h15,17,20-21H,5-12,16H2,1-4H3,(H,28,29). The van der Waals surface area contributed by atoms with Crippen LogP contribution in [0.5, 0.6) is 0 Å². The van der Waals surface area contributed by atoms with E-state index in [4.69, 9.17) is 4.74 Å². The molecule has 1 saturated heterocycles. The van der Waals surface area contributed by atoms with Crippen molar-refractivity contribution in [2.24, 2.45) is 11.3 Å². The minimum Gasteiger partial charge on any atom is -0.477 e. The van der Waals surface area contributed by atoms with Gasteiger partial charge in [0.1, 0.15) is 11.0 Å². The summed E-state index contributed by atoms with van der Waals surface area (Å²) in [6, 6.07) is 1.70. The maximum atomic E-state index is 13.6. The van der Waals surface area contributed by atoms with E-state index in [1.165, 1.54) is 6.42 Å². The number of carbonyl (C=O) groups is 2. The van der Waals surface area contributed by atoms with Crippen LogP contribution in [0.15, 0.2) is 6.07 Å². The van der Waals surface area contributed by atoms with E-state index in [-0.39, 0.29) is 22.2 Å². The van der Waals surface area contributed by atoms with Crippen LogP contribution in [-0.4, -0.2) is 35.7 Å². The molecule has 1 aromatic heterocycles. The Morgan fingerprint density at radius 2 is 2.00 bits per heavy atom.